The van der Waals surface area contributed by atoms with Gasteiger partial charge in [0.05, 0.1) is 94.0 Å². The van der Waals surface area contributed by atoms with E-state index in [0.717, 1.165) is 24.8 Å². The summed E-state index contributed by atoms with van der Waals surface area (Å²) in [5.41, 5.74) is 9.34. The van der Waals surface area contributed by atoms with Crippen molar-refractivity contribution >= 4 is 64.2 Å². The monoisotopic (exact) mass is 1410 g/mol. The number of fused-ring (bicyclic) bond motifs is 6. The van der Waals surface area contributed by atoms with Crippen LogP contribution >= 0.6 is 0 Å². The normalized spacial score (nSPS) is 18.6. The summed E-state index contributed by atoms with van der Waals surface area (Å²) >= 11 is 0. The van der Waals surface area contributed by atoms with Crippen LogP contribution in [0, 0.1) is 24.6 Å². The smallest absolute Gasteiger partial charge is 0.408 e. The molecule has 0 radical (unpaired) electrons. The first-order valence-corrected chi connectivity index (χ1v) is 35.2. The number of primary amides is 1. The Morgan fingerprint density at radius 1 is 0.775 bits per heavy atom. The van der Waals surface area contributed by atoms with E-state index in [1.165, 1.54) is 29.0 Å². The maximum Gasteiger partial charge on any atom is 0.408 e. The van der Waals surface area contributed by atoms with Gasteiger partial charge in [0, 0.05) is 60.1 Å². The van der Waals surface area contributed by atoms with Crippen molar-refractivity contribution in [1.82, 2.24) is 41.5 Å². The van der Waals surface area contributed by atoms with Crippen molar-refractivity contribution in [2.45, 2.75) is 160 Å². The van der Waals surface area contributed by atoms with Gasteiger partial charge >= 0.3 is 18.1 Å². The lowest BCUT2D eigenvalue weighted by atomic mass is 9.81. The van der Waals surface area contributed by atoms with Crippen LogP contribution < -0.4 is 48.5 Å². The number of rotatable bonds is 36. The average Bonchev–Trinajstić information content (AvgIpc) is 1.48. The van der Waals surface area contributed by atoms with Gasteiger partial charge in [0.1, 0.15) is 43.8 Å². The Labute approximate surface area is 590 Å². The molecule has 7 atom stereocenters. The van der Waals surface area contributed by atoms with E-state index in [-0.39, 0.29) is 108 Å². The number of nitrogens with two attached hydrogens (primary N) is 1. The number of aliphatic hydroxyl groups is 1. The fourth-order valence-corrected chi connectivity index (χ4v) is 13.5. The minimum Gasteiger partial charge on any atom is -0.458 e. The lowest BCUT2D eigenvalue weighted by Crippen LogP contribution is -2.54. The maximum atomic E-state index is 15.7. The van der Waals surface area contributed by atoms with Gasteiger partial charge in [-0.3, -0.25) is 28.8 Å². The van der Waals surface area contributed by atoms with E-state index in [2.05, 4.69) is 43.3 Å². The zero-order chi connectivity index (χ0) is 72.5. The van der Waals surface area contributed by atoms with E-state index in [4.69, 9.17) is 43.9 Å². The molecule has 102 heavy (non-hydrogen) atoms. The highest BCUT2D eigenvalue weighted by Crippen LogP contribution is 2.46. The Morgan fingerprint density at radius 3 is 2.22 bits per heavy atom. The summed E-state index contributed by atoms with van der Waals surface area (Å²) in [4.78, 5) is 125. The van der Waals surface area contributed by atoms with Gasteiger partial charge in [-0.05, 0) is 110 Å². The predicted molar refractivity (Wildman–Crippen MR) is 372 cm³/mol. The lowest BCUT2D eigenvalue weighted by molar-refractivity contribution is -0.172. The van der Waals surface area contributed by atoms with E-state index >= 15 is 4.39 Å². The number of halogens is 1. The minimum absolute atomic E-state index is 0.0255. The highest BCUT2D eigenvalue weighted by molar-refractivity contribution is 5.99. The molecule has 1 saturated carbocycles. The second-order valence-electron chi connectivity index (χ2n) is 26.6. The number of ether oxygens (including phenoxy) is 7. The molecule has 10 rings (SSSR count). The number of anilines is 1. The van der Waals surface area contributed by atoms with Crippen LogP contribution in [-0.4, -0.2) is 159 Å². The topological polar surface area (TPSA) is 367 Å². The van der Waals surface area contributed by atoms with E-state index in [9.17, 15) is 48.3 Å². The summed E-state index contributed by atoms with van der Waals surface area (Å²) in [6.45, 7) is 8.99. The van der Waals surface area contributed by atoms with Crippen molar-refractivity contribution in [2.24, 2.45) is 17.6 Å². The molecular formula is C74H93FN10O17. The molecule has 2 aliphatic heterocycles. The van der Waals surface area contributed by atoms with Gasteiger partial charge in [-0.25, -0.2) is 23.8 Å². The SMILES string of the molecule is CC[C@@]1(O)C(=O)OCc2c1cc1n(c2=O)Cc2c-1nc1cc(F)c(C)c3c1c2[C@@H](NC(=O)[C@H](Cc1ccccc1)NC(=O)OCc1ccc(NC(=O)[C@H](CCCNC(N)=O)NC(=O)[C@@H](NC(=O)CCOCCOCCOCCOCCNC(=O)COC2CCCCCC4=CC42)C(C)C)cc1)CC3. The number of hydrogen-bond donors (Lipinski definition) is 9. The molecule has 1 fully saturated rings. The molecule has 5 aliphatic rings. The van der Waals surface area contributed by atoms with Crippen LogP contribution in [0.3, 0.4) is 0 Å². The molecule has 28 heteroatoms. The molecule has 4 heterocycles. The Kier molecular flexibility index (Phi) is 26.3. The quantitative estimate of drug-likeness (QED) is 0.0130. The number of aryl methyl sites for hydroxylation is 1. The van der Waals surface area contributed by atoms with E-state index < -0.39 is 88.8 Å². The van der Waals surface area contributed by atoms with Gasteiger partial charge < -0.3 is 85.8 Å². The van der Waals surface area contributed by atoms with E-state index in [0.29, 0.717) is 114 Å². The fourth-order valence-electron chi connectivity index (χ4n) is 13.5. The lowest BCUT2D eigenvalue weighted by Gasteiger charge is -2.31. The van der Waals surface area contributed by atoms with Gasteiger partial charge in [-0.15, -0.1) is 0 Å². The number of aromatic nitrogens is 2. The van der Waals surface area contributed by atoms with Gasteiger partial charge in [0.15, 0.2) is 5.60 Å². The molecule has 5 aromatic rings. The summed E-state index contributed by atoms with van der Waals surface area (Å²) in [6.07, 6.45) is 8.11. The molecule has 8 amide bonds. The average molecular weight is 1410 g/mol. The molecule has 548 valence electrons. The Morgan fingerprint density at radius 2 is 1.50 bits per heavy atom. The van der Waals surface area contributed by atoms with Crippen LogP contribution in [0.5, 0.6) is 0 Å². The Hall–Kier alpha value is -9.19. The molecule has 10 N–H and O–H groups in total. The first-order chi connectivity index (χ1) is 49.2. The van der Waals surface area contributed by atoms with Crippen LogP contribution in [0.1, 0.15) is 136 Å². The number of pyridine rings is 2. The summed E-state index contributed by atoms with van der Waals surface area (Å²) in [5.74, 6) is -3.70. The number of nitrogens with zero attached hydrogens (tertiary/aromatic N) is 2. The Bertz CT molecular complexity index is 3960. The third kappa shape index (κ3) is 19.3. The van der Waals surface area contributed by atoms with E-state index in [1.807, 2.05) is 18.2 Å². The number of alkyl carbamates (subject to hydrolysis) is 1. The number of nitrogens with one attached hydrogen (secondary N) is 7. The summed E-state index contributed by atoms with van der Waals surface area (Å²) in [6, 6.07) is 13.5. The number of amides is 8. The zero-order valence-corrected chi connectivity index (χ0v) is 58.2. The second-order valence-corrected chi connectivity index (χ2v) is 26.6. The van der Waals surface area contributed by atoms with Crippen molar-refractivity contribution in [2.75, 3.05) is 77.9 Å². The van der Waals surface area contributed by atoms with Gasteiger partial charge in [-0.1, -0.05) is 87.7 Å². The number of esters is 1. The highest BCUT2D eigenvalue weighted by Gasteiger charge is 2.46. The second kappa shape index (κ2) is 35.6. The largest absolute Gasteiger partial charge is 0.458 e. The third-order valence-electron chi connectivity index (χ3n) is 19.2. The first kappa shape index (κ1) is 75.5. The number of benzene rings is 3. The standard InChI is InChI=1S/C74H93FN10O17/c1-5-74(95)53-37-59-66-51(39-85(59)70(91)52(53)41-101-71(74)92)64-55(23-22-49-44(4)54(75)38-57(80-66)63(49)64)81-68(89)58(35-45-13-8-6-9-14-45)83-73(94)102-40-46-18-20-48(21-19-46)79-67(88)56(16-12-25-78-72(76)93)82-69(90)65(43(2)3)84-61(86)24-27-96-29-31-98-33-34-99-32-30-97-28-26-77-62(87)42-100-60-17-11-7-10-15-47-36-50(47)60/h6,8-9,13-14,18-21,36-38,43,50,55-56,58,60,65,95H,5,7,10-12,15-17,22-35,39-42H2,1-4H3,(H,77,87)(H,79,88)(H,81,89)(H,82,90)(H,83,94)(H,84,86)(H3,76,78,93)/t50?,55-,56-,58-,60?,65-,74-/m0/s1. The summed E-state index contributed by atoms with van der Waals surface area (Å²) in [5, 5.41) is 31.7. The molecule has 2 unspecified atom stereocenters. The molecule has 0 saturated heterocycles. The molecule has 3 aromatic carbocycles. The van der Waals surface area contributed by atoms with Crippen molar-refractivity contribution in [3.63, 3.8) is 0 Å². The van der Waals surface area contributed by atoms with Crippen LogP contribution in [0.15, 0.2) is 83.2 Å². The molecular weight excluding hydrogens is 1320 g/mol. The molecule has 2 aromatic heterocycles. The zero-order valence-electron chi connectivity index (χ0n) is 58.2. The fraction of sp³-hybridized carbons (Fsp3) is 0.514. The number of urea groups is 1. The number of carbonyl (C=O) groups excluding carboxylic acids is 8. The maximum absolute atomic E-state index is 15.7. The van der Waals surface area contributed by atoms with Crippen molar-refractivity contribution < 1.29 is 81.0 Å². The van der Waals surface area contributed by atoms with Crippen LogP contribution in [0.25, 0.3) is 22.3 Å². The summed E-state index contributed by atoms with van der Waals surface area (Å²) in [7, 11) is 0. The van der Waals surface area contributed by atoms with Crippen LogP contribution in [0.4, 0.5) is 19.7 Å². The van der Waals surface area contributed by atoms with Gasteiger partial charge in [-0.2, -0.15) is 0 Å². The van der Waals surface area contributed by atoms with Crippen molar-refractivity contribution in [1.29, 1.82) is 0 Å². The number of carbonyl (C=O) groups is 8. The van der Waals surface area contributed by atoms with Crippen molar-refractivity contribution in [3.8, 4) is 11.4 Å². The van der Waals surface area contributed by atoms with Gasteiger partial charge in [0.2, 0.25) is 29.5 Å². The molecule has 3 aliphatic carbocycles. The number of cyclic esters (lactones) is 1. The minimum atomic E-state index is -2.08. The number of hydrogen-bond acceptors (Lipinski definition) is 18. The molecule has 0 bridgehead atoms. The van der Waals surface area contributed by atoms with Gasteiger partial charge in [0.25, 0.3) is 5.56 Å². The third-order valence-corrected chi connectivity index (χ3v) is 19.2. The van der Waals surface area contributed by atoms with Crippen molar-refractivity contribution in [3.05, 3.63) is 139 Å². The first-order valence-electron chi connectivity index (χ1n) is 35.2. The summed E-state index contributed by atoms with van der Waals surface area (Å²) < 4.78 is 56.3. The van der Waals surface area contributed by atoms with E-state index in [1.54, 1.807) is 70.2 Å². The molecule has 27 nitrogen and oxygen atoms in total. The predicted octanol–water partition coefficient (Wildman–Crippen LogP) is 5.66. The van der Waals surface area contributed by atoms with Crippen LogP contribution in [-0.2, 0) is 100 Å². The highest BCUT2D eigenvalue weighted by atomic mass is 19.1. The Balaban J connectivity index is 0.669. The van der Waals surface area contributed by atoms with Crippen LogP contribution in [0.2, 0.25) is 0 Å². The molecule has 0 spiro atoms.